The number of fused-ring (bicyclic) bond motifs is 1. The van der Waals surface area contributed by atoms with Crippen LogP contribution in [0.4, 0.5) is 10.5 Å². The van der Waals surface area contributed by atoms with E-state index < -0.39 is 0 Å². The molecule has 1 saturated heterocycles. The molecule has 1 atom stereocenters. The number of amides is 3. The van der Waals surface area contributed by atoms with Gasteiger partial charge in [-0.3, -0.25) is 9.78 Å². The van der Waals surface area contributed by atoms with E-state index in [9.17, 15) is 9.59 Å². The van der Waals surface area contributed by atoms with Crippen molar-refractivity contribution < 1.29 is 14.3 Å². The Morgan fingerprint density at radius 1 is 1.25 bits per heavy atom. The molecule has 2 aromatic heterocycles. The fourth-order valence-electron chi connectivity index (χ4n) is 3.87. The van der Waals surface area contributed by atoms with Gasteiger partial charge in [-0.15, -0.1) is 0 Å². The molecule has 0 aliphatic carbocycles. The number of ether oxygens (including phenoxy) is 1. The minimum absolute atomic E-state index is 0.0278. The van der Waals surface area contributed by atoms with Crippen LogP contribution in [0.3, 0.4) is 0 Å². The van der Waals surface area contributed by atoms with Crippen molar-refractivity contribution in [2.24, 2.45) is 0 Å². The molecule has 0 spiro atoms. The second-order valence-electron chi connectivity index (χ2n) is 8.31. The number of benzene rings is 1. The van der Waals surface area contributed by atoms with Gasteiger partial charge >= 0.3 is 6.03 Å². The van der Waals surface area contributed by atoms with Crippen LogP contribution in [0, 0.1) is 0 Å². The average Bonchev–Trinajstić information content (AvgIpc) is 3.44. The predicted octanol–water partition coefficient (Wildman–Crippen LogP) is 3.34. The summed E-state index contributed by atoms with van der Waals surface area (Å²) in [4.78, 5) is 32.7. The number of anilines is 1. The molecule has 0 bridgehead atoms. The molecule has 3 amide bonds. The van der Waals surface area contributed by atoms with E-state index >= 15 is 0 Å². The van der Waals surface area contributed by atoms with Crippen molar-refractivity contribution in [1.82, 2.24) is 19.4 Å². The average molecular weight is 436 g/mol. The summed E-state index contributed by atoms with van der Waals surface area (Å²) in [7, 11) is 3.49. The number of nitrogens with zero attached hydrogens (tertiary/aromatic N) is 4. The molecule has 4 rings (SSSR count). The van der Waals surface area contributed by atoms with Gasteiger partial charge in [0, 0.05) is 69.0 Å². The number of likely N-dealkylation sites (N-methyl/N-ethyl adjacent to an activating group) is 1. The van der Waals surface area contributed by atoms with Crippen LogP contribution in [0.25, 0.3) is 10.9 Å². The third kappa shape index (κ3) is 5.26. The van der Waals surface area contributed by atoms with E-state index in [0.717, 1.165) is 35.9 Å². The molecule has 32 heavy (non-hydrogen) atoms. The van der Waals surface area contributed by atoms with E-state index in [1.165, 1.54) is 0 Å². The summed E-state index contributed by atoms with van der Waals surface area (Å²) in [6.45, 7) is 2.02. The first-order valence-electron chi connectivity index (χ1n) is 10.8. The van der Waals surface area contributed by atoms with Gasteiger partial charge in [-0.25, -0.2) is 4.79 Å². The molecule has 1 aliphatic heterocycles. The van der Waals surface area contributed by atoms with E-state index in [-0.39, 0.29) is 24.6 Å². The van der Waals surface area contributed by atoms with Crippen molar-refractivity contribution >= 4 is 28.5 Å². The first-order valence-corrected chi connectivity index (χ1v) is 10.8. The number of hydrogen-bond donors (Lipinski definition) is 1. The molecule has 0 radical (unpaired) electrons. The van der Waals surface area contributed by atoms with Crippen molar-refractivity contribution in [3.63, 3.8) is 0 Å². The van der Waals surface area contributed by atoms with Gasteiger partial charge in [-0.1, -0.05) is 6.07 Å². The molecular weight excluding hydrogens is 406 g/mol. The summed E-state index contributed by atoms with van der Waals surface area (Å²) in [6.07, 6.45) is 7.44. The van der Waals surface area contributed by atoms with Crippen LogP contribution in [0.5, 0.6) is 0 Å². The maximum absolute atomic E-state index is 13.1. The molecule has 3 aromatic rings. The summed E-state index contributed by atoms with van der Waals surface area (Å²) >= 11 is 0. The molecule has 1 fully saturated rings. The van der Waals surface area contributed by atoms with E-state index in [2.05, 4.69) is 10.3 Å². The molecule has 1 aliphatic rings. The van der Waals surface area contributed by atoms with Crippen molar-refractivity contribution in [2.75, 3.05) is 32.6 Å². The Morgan fingerprint density at radius 3 is 2.84 bits per heavy atom. The Bertz CT molecular complexity index is 1070. The Hall–Kier alpha value is -3.39. The lowest BCUT2D eigenvalue weighted by atomic mass is 10.2. The summed E-state index contributed by atoms with van der Waals surface area (Å²) in [5.74, 6) is 0.0278. The lowest BCUT2D eigenvalue weighted by Gasteiger charge is -2.26. The highest BCUT2D eigenvalue weighted by atomic mass is 16.5. The molecule has 8 heteroatoms. The largest absolute Gasteiger partial charge is 0.376 e. The van der Waals surface area contributed by atoms with Gasteiger partial charge in [-0.05, 0) is 48.7 Å². The van der Waals surface area contributed by atoms with Crippen LogP contribution < -0.4 is 5.32 Å². The second-order valence-corrected chi connectivity index (χ2v) is 8.31. The van der Waals surface area contributed by atoms with E-state index in [4.69, 9.17) is 4.74 Å². The smallest absolute Gasteiger partial charge is 0.322 e. The highest BCUT2D eigenvalue weighted by molar-refractivity contribution is 5.93. The van der Waals surface area contributed by atoms with Crippen molar-refractivity contribution in [3.8, 4) is 0 Å². The Balaban J connectivity index is 1.48. The monoisotopic (exact) mass is 435 g/mol. The number of hydrogen-bond acceptors (Lipinski definition) is 4. The quantitative estimate of drug-likeness (QED) is 0.617. The highest BCUT2D eigenvalue weighted by Crippen LogP contribution is 2.22. The van der Waals surface area contributed by atoms with Gasteiger partial charge in [0.15, 0.2) is 0 Å². The molecule has 1 aromatic carbocycles. The fourth-order valence-corrected chi connectivity index (χ4v) is 3.87. The minimum Gasteiger partial charge on any atom is -0.376 e. The maximum Gasteiger partial charge on any atom is 0.322 e. The Morgan fingerprint density at radius 2 is 2.12 bits per heavy atom. The molecular formula is C24H29N5O3. The molecule has 8 nitrogen and oxygen atoms in total. The van der Waals surface area contributed by atoms with Gasteiger partial charge in [0.05, 0.1) is 6.10 Å². The van der Waals surface area contributed by atoms with Crippen LogP contribution >= 0.6 is 0 Å². The number of urea groups is 1. The van der Waals surface area contributed by atoms with Gasteiger partial charge in [-0.2, -0.15) is 0 Å². The van der Waals surface area contributed by atoms with Crippen molar-refractivity contribution in [2.45, 2.75) is 32.0 Å². The topological polar surface area (TPSA) is 79.7 Å². The molecule has 3 heterocycles. The molecule has 0 saturated carbocycles. The Labute approximate surface area is 187 Å². The third-order valence-electron chi connectivity index (χ3n) is 5.66. The summed E-state index contributed by atoms with van der Waals surface area (Å²) in [6, 6.07) is 11.3. The molecule has 1 unspecified atom stereocenters. The standard InChI is InChI=1S/C24H29N5O3/c1-27(2)23(30)17-28-11-9-19-13-20(7-8-22(19)28)26-24(31)29(16-21-6-4-12-32-21)15-18-5-3-10-25-14-18/h3,5,7-11,13-14,21H,4,6,12,15-17H2,1-2H3,(H,26,31). The van der Waals surface area contributed by atoms with Crippen LogP contribution in [-0.2, 0) is 22.6 Å². The number of rotatable bonds is 7. The number of pyridine rings is 1. The summed E-state index contributed by atoms with van der Waals surface area (Å²) < 4.78 is 7.67. The second kappa shape index (κ2) is 9.82. The van der Waals surface area contributed by atoms with Gasteiger partial charge < -0.3 is 24.4 Å². The lowest BCUT2D eigenvalue weighted by molar-refractivity contribution is -0.129. The van der Waals surface area contributed by atoms with Crippen LogP contribution in [0.15, 0.2) is 55.0 Å². The van der Waals surface area contributed by atoms with Gasteiger partial charge in [0.1, 0.15) is 6.54 Å². The zero-order valence-corrected chi connectivity index (χ0v) is 18.5. The van der Waals surface area contributed by atoms with E-state index in [1.54, 1.807) is 36.3 Å². The Kier molecular flexibility index (Phi) is 6.70. The number of carbonyl (C=O) groups is 2. The highest BCUT2D eigenvalue weighted by Gasteiger charge is 2.23. The number of aromatic nitrogens is 2. The van der Waals surface area contributed by atoms with E-state index in [0.29, 0.717) is 18.8 Å². The van der Waals surface area contributed by atoms with E-state index in [1.807, 2.05) is 47.2 Å². The first kappa shape index (κ1) is 21.8. The maximum atomic E-state index is 13.1. The summed E-state index contributed by atoms with van der Waals surface area (Å²) in [5.41, 5.74) is 2.63. The molecule has 1 N–H and O–H groups in total. The normalized spacial score (nSPS) is 15.6. The predicted molar refractivity (Wildman–Crippen MR) is 123 cm³/mol. The zero-order valence-electron chi connectivity index (χ0n) is 18.5. The van der Waals surface area contributed by atoms with Gasteiger partial charge in [0.2, 0.25) is 5.91 Å². The SMILES string of the molecule is CN(C)C(=O)Cn1ccc2cc(NC(=O)N(Cc3cccnc3)CC3CCCO3)ccc21. The van der Waals surface area contributed by atoms with Crippen LogP contribution in [-0.4, -0.2) is 64.6 Å². The number of nitrogens with one attached hydrogen (secondary N) is 1. The molecule has 168 valence electrons. The minimum atomic E-state index is -0.175. The van der Waals surface area contributed by atoms with Crippen LogP contribution in [0.2, 0.25) is 0 Å². The summed E-state index contributed by atoms with van der Waals surface area (Å²) in [5, 5.41) is 3.99. The fraction of sp³-hybridized carbons (Fsp3) is 0.375. The lowest BCUT2D eigenvalue weighted by Crippen LogP contribution is -2.39. The zero-order chi connectivity index (χ0) is 22.5. The van der Waals surface area contributed by atoms with Crippen molar-refractivity contribution in [3.05, 3.63) is 60.6 Å². The van der Waals surface area contributed by atoms with Gasteiger partial charge in [0.25, 0.3) is 0 Å². The third-order valence-corrected chi connectivity index (χ3v) is 5.66. The first-order chi connectivity index (χ1) is 15.5. The number of carbonyl (C=O) groups excluding carboxylic acids is 2. The van der Waals surface area contributed by atoms with Crippen molar-refractivity contribution in [1.29, 1.82) is 0 Å². The van der Waals surface area contributed by atoms with Crippen LogP contribution in [0.1, 0.15) is 18.4 Å².